The molecule has 4 heteroatoms. The second-order valence-electron chi connectivity index (χ2n) is 3.38. The molecule has 0 aromatic carbocycles. The van der Waals surface area contributed by atoms with Crippen LogP contribution in [0.4, 0.5) is 0 Å². The largest absolute Gasteiger partial charge is 0.490 e. The second kappa shape index (κ2) is 3.20. The Morgan fingerprint density at radius 3 is 3.15 bits per heavy atom. The van der Waals surface area contributed by atoms with E-state index in [0.717, 1.165) is 36.7 Å². The third kappa shape index (κ3) is 1.43. The lowest BCUT2D eigenvalue weighted by molar-refractivity contribution is 0.272. The van der Waals surface area contributed by atoms with Crippen molar-refractivity contribution in [3.8, 4) is 0 Å². The molecular weight excluding hydrogens is 166 g/mol. The molecule has 0 aliphatic carbocycles. The number of hydrogen-bond acceptors (Lipinski definition) is 3. The van der Waals surface area contributed by atoms with E-state index in [1.54, 1.807) is 6.33 Å². The summed E-state index contributed by atoms with van der Waals surface area (Å²) in [5, 5.41) is 7.93. The Morgan fingerprint density at radius 1 is 1.54 bits per heavy atom. The van der Waals surface area contributed by atoms with Crippen LogP contribution in [-0.4, -0.2) is 21.4 Å². The highest BCUT2D eigenvalue weighted by atomic mass is 16.5. The van der Waals surface area contributed by atoms with E-state index >= 15 is 0 Å². The van der Waals surface area contributed by atoms with E-state index in [9.17, 15) is 0 Å². The molecule has 0 atom stereocenters. The van der Waals surface area contributed by atoms with Gasteiger partial charge in [-0.1, -0.05) is 0 Å². The van der Waals surface area contributed by atoms with Gasteiger partial charge in [-0.05, 0) is 25.8 Å². The molecule has 13 heavy (non-hydrogen) atoms. The second-order valence-corrected chi connectivity index (χ2v) is 3.38. The standard InChI is InChI=1S/C9H13N3O/c1-7(2)8-9-11-10-6-12(9)4-3-5-13-8/h6H,3-5H2,1-2H3. The Bertz CT molecular complexity index is 336. The molecule has 2 heterocycles. The Hall–Kier alpha value is -1.32. The maximum Gasteiger partial charge on any atom is 0.198 e. The van der Waals surface area contributed by atoms with Gasteiger partial charge in [0.15, 0.2) is 11.6 Å². The number of aryl methyl sites for hydroxylation is 1. The van der Waals surface area contributed by atoms with E-state index in [4.69, 9.17) is 4.74 Å². The molecule has 1 aliphatic rings. The van der Waals surface area contributed by atoms with Crippen molar-refractivity contribution in [2.24, 2.45) is 0 Å². The number of fused-ring (bicyclic) bond motifs is 1. The molecule has 0 bridgehead atoms. The van der Waals surface area contributed by atoms with Gasteiger partial charge in [0.1, 0.15) is 6.33 Å². The van der Waals surface area contributed by atoms with E-state index in [2.05, 4.69) is 10.2 Å². The fourth-order valence-electron chi connectivity index (χ4n) is 1.44. The summed E-state index contributed by atoms with van der Waals surface area (Å²) in [6.07, 6.45) is 2.77. The van der Waals surface area contributed by atoms with Crippen molar-refractivity contribution < 1.29 is 4.74 Å². The topological polar surface area (TPSA) is 39.9 Å². The minimum atomic E-state index is 0.768. The lowest BCUT2D eigenvalue weighted by atomic mass is 10.3. The van der Waals surface area contributed by atoms with Gasteiger partial charge in [-0.2, -0.15) is 0 Å². The van der Waals surface area contributed by atoms with Gasteiger partial charge in [-0.3, -0.25) is 0 Å². The van der Waals surface area contributed by atoms with Crippen LogP contribution in [-0.2, 0) is 11.3 Å². The minimum absolute atomic E-state index is 0.768. The molecule has 1 aliphatic heterocycles. The van der Waals surface area contributed by atoms with Crippen LogP contribution in [0.25, 0.3) is 5.76 Å². The van der Waals surface area contributed by atoms with Crippen LogP contribution in [0.5, 0.6) is 0 Å². The van der Waals surface area contributed by atoms with Crippen LogP contribution in [0.2, 0.25) is 0 Å². The summed E-state index contributed by atoms with van der Waals surface area (Å²) in [5.41, 5.74) is 1.15. The molecule has 0 spiro atoms. The zero-order valence-corrected chi connectivity index (χ0v) is 7.95. The lowest BCUT2D eigenvalue weighted by Crippen LogP contribution is -1.99. The van der Waals surface area contributed by atoms with Crippen molar-refractivity contribution in [2.45, 2.75) is 26.8 Å². The maximum atomic E-state index is 5.61. The Kier molecular flexibility index (Phi) is 2.04. The Labute approximate surface area is 77.2 Å². The molecule has 0 N–H and O–H groups in total. The summed E-state index contributed by atoms with van der Waals surface area (Å²) >= 11 is 0. The summed E-state index contributed by atoms with van der Waals surface area (Å²) in [6, 6.07) is 0. The van der Waals surface area contributed by atoms with Crippen LogP contribution >= 0.6 is 0 Å². The maximum absolute atomic E-state index is 5.61. The van der Waals surface area contributed by atoms with Crippen LogP contribution in [0.1, 0.15) is 26.1 Å². The van der Waals surface area contributed by atoms with Crippen molar-refractivity contribution in [3.05, 3.63) is 17.7 Å². The number of ether oxygens (including phenoxy) is 1. The summed E-state index contributed by atoms with van der Waals surface area (Å²) < 4.78 is 7.64. The predicted octanol–water partition coefficient (Wildman–Crippen LogP) is 1.45. The van der Waals surface area contributed by atoms with Gasteiger partial charge in [0, 0.05) is 6.54 Å². The van der Waals surface area contributed by atoms with Crippen LogP contribution in [0.15, 0.2) is 11.9 Å². The molecule has 1 aromatic heterocycles. The number of rotatable bonds is 0. The molecular formula is C9H13N3O. The van der Waals surface area contributed by atoms with E-state index in [1.807, 2.05) is 18.4 Å². The average Bonchev–Trinajstić information content (AvgIpc) is 2.44. The van der Waals surface area contributed by atoms with E-state index in [0.29, 0.717) is 0 Å². The Morgan fingerprint density at radius 2 is 2.38 bits per heavy atom. The molecule has 0 saturated carbocycles. The molecule has 4 nitrogen and oxygen atoms in total. The molecule has 2 rings (SSSR count). The predicted molar refractivity (Wildman–Crippen MR) is 48.9 cm³/mol. The van der Waals surface area contributed by atoms with E-state index in [-0.39, 0.29) is 0 Å². The third-order valence-electron chi connectivity index (χ3n) is 2.06. The summed E-state index contributed by atoms with van der Waals surface area (Å²) in [5.74, 6) is 1.74. The van der Waals surface area contributed by atoms with Gasteiger partial charge in [0.25, 0.3) is 0 Å². The lowest BCUT2D eigenvalue weighted by Gasteiger charge is -2.06. The normalized spacial score (nSPS) is 16.0. The highest BCUT2D eigenvalue weighted by molar-refractivity contribution is 5.56. The zero-order chi connectivity index (χ0) is 9.26. The van der Waals surface area contributed by atoms with Gasteiger partial charge in [-0.25, -0.2) is 0 Å². The first kappa shape index (κ1) is 8.29. The Balaban J connectivity index is 2.48. The smallest absolute Gasteiger partial charge is 0.198 e. The van der Waals surface area contributed by atoms with E-state index in [1.165, 1.54) is 0 Å². The number of allylic oxidation sites excluding steroid dienone is 1. The fraction of sp³-hybridized carbons (Fsp3) is 0.556. The van der Waals surface area contributed by atoms with Crippen molar-refractivity contribution in [1.82, 2.24) is 14.8 Å². The van der Waals surface area contributed by atoms with Crippen LogP contribution in [0, 0.1) is 0 Å². The molecule has 0 saturated heterocycles. The first-order valence-corrected chi connectivity index (χ1v) is 4.47. The summed E-state index contributed by atoms with van der Waals surface area (Å²) in [6.45, 7) is 5.77. The average molecular weight is 179 g/mol. The van der Waals surface area contributed by atoms with Crippen molar-refractivity contribution >= 4 is 5.76 Å². The first-order chi connectivity index (χ1) is 6.29. The first-order valence-electron chi connectivity index (χ1n) is 4.47. The van der Waals surface area contributed by atoms with Gasteiger partial charge in [-0.15, -0.1) is 10.2 Å². The highest BCUT2D eigenvalue weighted by Gasteiger charge is 2.16. The molecule has 70 valence electrons. The zero-order valence-electron chi connectivity index (χ0n) is 7.95. The highest BCUT2D eigenvalue weighted by Crippen LogP contribution is 2.20. The van der Waals surface area contributed by atoms with Gasteiger partial charge < -0.3 is 9.30 Å². The molecule has 0 radical (unpaired) electrons. The SMILES string of the molecule is CC(C)=C1OCCCn2cnnc21. The fourth-order valence-corrected chi connectivity index (χ4v) is 1.44. The van der Waals surface area contributed by atoms with Crippen LogP contribution < -0.4 is 0 Å². The molecule has 1 aromatic rings. The molecule has 0 amide bonds. The molecule has 0 fully saturated rings. The van der Waals surface area contributed by atoms with Crippen LogP contribution in [0.3, 0.4) is 0 Å². The summed E-state index contributed by atoms with van der Waals surface area (Å²) in [4.78, 5) is 0. The van der Waals surface area contributed by atoms with Gasteiger partial charge >= 0.3 is 0 Å². The quantitative estimate of drug-likeness (QED) is 0.605. The number of hydrogen-bond donors (Lipinski definition) is 0. The van der Waals surface area contributed by atoms with E-state index < -0.39 is 0 Å². The monoisotopic (exact) mass is 179 g/mol. The number of aromatic nitrogens is 3. The van der Waals surface area contributed by atoms with Crippen molar-refractivity contribution in [2.75, 3.05) is 6.61 Å². The summed E-state index contributed by atoms with van der Waals surface area (Å²) in [7, 11) is 0. The van der Waals surface area contributed by atoms with Gasteiger partial charge in [0.05, 0.1) is 6.61 Å². The number of nitrogens with zero attached hydrogens (tertiary/aromatic N) is 3. The third-order valence-corrected chi connectivity index (χ3v) is 2.06. The minimum Gasteiger partial charge on any atom is -0.490 e. The van der Waals surface area contributed by atoms with Crippen molar-refractivity contribution in [1.29, 1.82) is 0 Å². The van der Waals surface area contributed by atoms with Gasteiger partial charge in [0.2, 0.25) is 0 Å². The van der Waals surface area contributed by atoms with Crippen molar-refractivity contribution in [3.63, 3.8) is 0 Å². The molecule has 0 unspecified atom stereocenters.